The first-order chi connectivity index (χ1) is 12.3. The molecule has 1 amide bonds. The number of hydrogen-bond donors (Lipinski definition) is 2. The van der Waals surface area contributed by atoms with Gasteiger partial charge in [0.25, 0.3) is 0 Å². The molecule has 1 aromatic heterocycles. The number of carbonyl (C=O) groups excluding carboxylic acids is 1. The number of carbonyl (C=O) groups is 1. The summed E-state index contributed by atoms with van der Waals surface area (Å²) in [6.45, 7) is -0.242. The van der Waals surface area contributed by atoms with E-state index in [0.29, 0.717) is 5.56 Å². The number of benzene rings is 2. The summed E-state index contributed by atoms with van der Waals surface area (Å²) in [6.07, 6.45) is 0. The largest absolute Gasteiger partial charge is 0.324 e. The molecule has 3 aromatic rings. The Hall–Kier alpha value is -3.18. The van der Waals surface area contributed by atoms with Crippen molar-refractivity contribution in [1.29, 1.82) is 0 Å². The van der Waals surface area contributed by atoms with E-state index in [0.717, 1.165) is 4.80 Å². The maximum Gasteiger partial charge on any atom is 0.248 e. The Balaban J connectivity index is 1.68. The molecular formula is C15H13FN6O3S. The number of amides is 1. The molecule has 0 bridgehead atoms. The van der Waals surface area contributed by atoms with Crippen LogP contribution in [0.25, 0.3) is 11.4 Å². The first kappa shape index (κ1) is 17.6. The number of sulfonamides is 1. The van der Waals surface area contributed by atoms with Crippen LogP contribution in [0.3, 0.4) is 0 Å². The van der Waals surface area contributed by atoms with Gasteiger partial charge in [-0.05, 0) is 47.7 Å². The molecule has 0 aliphatic rings. The molecule has 0 saturated heterocycles. The number of aromatic nitrogens is 4. The number of nitrogens with two attached hydrogens (primary N) is 1. The first-order valence-corrected chi connectivity index (χ1v) is 8.82. The maximum absolute atomic E-state index is 12.9. The zero-order chi connectivity index (χ0) is 18.7. The molecule has 3 rings (SSSR count). The summed E-state index contributed by atoms with van der Waals surface area (Å²) in [7, 11) is -3.87. The second kappa shape index (κ2) is 6.98. The van der Waals surface area contributed by atoms with E-state index in [-0.39, 0.29) is 28.8 Å². The highest BCUT2D eigenvalue weighted by atomic mass is 32.2. The van der Waals surface area contributed by atoms with E-state index in [1.807, 2.05) is 0 Å². The van der Waals surface area contributed by atoms with Gasteiger partial charge in [0, 0.05) is 11.3 Å². The van der Waals surface area contributed by atoms with Gasteiger partial charge in [-0.3, -0.25) is 4.79 Å². The first-order valence-electron chi connectivity index (χ1n) is 7.28. The second-order valence-electron chi connectivity index (χ2n) is 5.27. The van der Waals surface area contributed by atoms with Gasteiger partial charge in [-0.25, -0.2) is 17.9 Å². The standard InChI is InChI=1S/C15H13FN6O3S/c16-11-6-4-10(5-7-11)15-19-21-22(20-15)9-14(23)18-12-2-1-3-13(8-12)26(17,24)25/h1-8H,9H2,(H,18,23)(H2,17,24,25). The fraction of sp³-hybridized carbons (Fsp3) is 0.0667. The Bertz CT molecular complexity index is 1050. The van der Waals surface area contributed by atoms with Gasteiger partial charge >= 0.3 is 0 Å². The lowest BCUT2D eigenvalue weighted by atomic mass is 10.2. The summed E-state index contributed by atoms with van der Waals surface area (Å²) in [5.74, 6) is -0.629. The average molecular weight is 376 g/mol. The molecule has 0 aliphatic carbocycles. The van der Waals surface area contributed by atoms with Gasteiger partial charge < -0.3 is 5.32 Å². The maximum atomic E-state index is 12.9. The zero-order valence-electron chi connectivity index (χ0n) is 13.2. The van der Waals surface area contributed by atoms with Crippen LogP contribution in [0.2, 0.25) is 0 Å². The minimum Gasteiger partial charge on any atom is -0.324 e. The van der Waals surface area contributed by atoms with Crippen molar-refractivity contribution in [1.82, 2.24) is 20.2 Å². The average Bonchev–Trinajstić information content (AvgIpc) is 3.03. The van der Waals surface area contributed by atoms with Crippen LogP contribution in [0, 0.1) is 5.82 Å². The van der Waals surface area contributed by atoms with Gasteiger partial charge in [0.1, 0.15) is 12.4 Å². The van der Waals surface area contributed by atoms with Crippen molar-refractivity contribution in [2.24, 2.45) is 5.14 Å². The molecule has 11 heteroatoms. The Kier molecular flexibility index (Phi) is 4.73. The molecule has 0 fully saturated rings. The predicted octanol–water partition coefficient (Wildman–Crippen LogP) is 0.765. The normalized spacial score (nSPS) is 11.3. The predicted molar refractivity (Wildman–Crippen MR) is 89.7 cm³/mol. The third kappa shape index (κ3) is 4.26. The van der Waals surface area contributed by atoms with Crippen LogP contribution in [0.5, 0.6) is 0 Å². The van der Waals surface area contributed by atoms with Crippen molar-refractivity contribution >= 4 is 21.6 Å². The number of primary sulfonamides is 1. The number of rotatable bonds is 5. The molecule has 0 unspecified atom stereocenters. The van der Waals surface area contributed by atoms with Gasteiger partial charge in [-0.2, -0.15) is 4.80 Å². The van der Waals surface area contributed by atoms with E-state index < -0.39 is 15.9 Å². The summed E-state index contributed by atoms with van der Waals surface area (Å²) in [6, 6.07) is 11.1. The van der Waals surface area contributed by atoms with Gasteiger partial charge in [0.05, 0.1) is 4.90 Å². The highest BCUT2D eigenvalue weighted by Gasteiger charge is 2.12. The SMILES string of the molecule is NS(=O)(=O)c1cccc(NC(=O)Cn2nnc(-c3ccc(F)cc3)n2)c1. The Labute approximate surface area is 147 Å². The van der Waals surface area contributed by atoms with E-state index in [1.165, 1.54) is 48.5 Å². The van der Waals surface area contributed by atoms with Gasteiger partial charge in [0.2, 0.25) is 21.8 Å². The lowest BCUT2D eigenvalue weighted by molar-refractivity contribution is -0.117. The Morgan fingerprint density at radius 3 is 2.62 bits per heavy atom. The number of hydrogen-bond acceptors (Lipinski definition) is 6. The van der Waals surface area contributed by atoms with Crippen molar-refractivity contribution in [2.75, 3.05) is 5.32 Å². The molecule has 0 aliphatic heterocycles. The number of tetrazole rings is 1. The van der Waals surface area contributed by atoms with Gasteiger partial charge in [-0.1, -0.05) is 6.07 Å². The van der Waals surface area contributed by atoms with Crippen LogP contribution in [0.15, 0.2) is 53.4 Å². The molecular weight excluding hydrogens is 363 g/mol. The monoisotopic (exact) mass is 376 g/mol. The molecule has 134 valence electrons. The lowest BCUT2D eigenvalue weighted by Crippen LogP contribution is -2.21. The summed E-state index contributed by atoms with van der Waals surface area (Å²) < 4.78 is 35.6. The summed E-state index contributed by atoms with van der Waals surface area (Å²) in [5.41, 5.74) is 0.819. The lowest BCUT2D eigenvalue weighted by Gasteiger charge is -2.06. The Morgan fingerprint density at radius 1 is 1.19 bits per heavy atom. The third-order valence-electron chi connectivity index (χ3n) is 3.29. The van der Waals surface area contributed by atoms with Gasteiger partial charge in [0.15, 0.2) is 0 Å². The fourth-order valence-corrected chi connectivity index (χ4v) is 2.66. The molecule has 26 heavy (non-hydrogen) atoms. The van der Waals surface area contributed by atoms with Crippen LogP contribution in [-0.4, -0.2) is 34.5 Å². The highest BCUT2D eigenvalue weighted by Crippen LogP contribution is 2.15. The van der Waals surface area contributed by atoms with Gasteiger partial charge in [-0.15, -0.1) is 10.2 Å². The van der Waals surface area contributed by atoms with Crippen molar-refractivity contribution in [3.05, 3.63) is 54.3 Å². The van der Waals surface area contributed by atoms with E-state index >= 15 is 0 Å². The molecule has 0 radical (unpaired) electrons. The number of nitrogens with zero attached hydrogens (tertiary/aromatic N) is 4. The number of nitrogens with one attached hydrogen (secondary N) is 1. The molecule has 1 heterocycles. The quantitative estimate of drug-likeness (QED) is 0.676. The van der Waals surface area contributed by atoms with Crippen molar-refractivity contribution in [2.45, 2.75) is 11.4 Å². The molecule has 9 nitrogen and oxygen atoms in total. The second-order valence-corrected chi connectivity index (χ2v) is 6.83. The minimum absolute atomic E-state index is 0.118. The summed E-state index contributed by atoms with van der Waals surface area (Å²) in [5, 5.41) is 19.2. The van der Waals surface area contributed by atoms with Crippen molar-refractivity contribution in [3.8, 4) is 11.4 Å². The Morgan fingerprint density at radius 2 is 1.92 bits per heavy atom. The topological polar surface area (TPSA) is 133 Å². The van der Waals surface area contributed by atoms with Crippen LogP contribution in [-0.2, 0) is 21.4 Å². The smallest absolute Gasteiger partial charge is 0.248 e. The molecule has 0 spiro atoms. The molecule has 2 aromatic carbocycles. The van der Waals surface area contributed by atoms with Crippen LogP contribution >= 0.6 is 0 Å². The van der Waals surface area contributed by atoms with Crippen LogP contribution < -0.4 is 10.5 Å². The zero-order valence-corrected chi connectivity index (χ0v) is 14.0. The molecule has 3 N–H and O–H groups in total. The number of anilines is 1. The summed E-state index contributed by atoms with van der Waals surface area (Å²) >= 11 is 0. The minimum atomic E-state index is -3.87. The van der Waals surface area contributed by atoms with Crippen LogP contribution in [0.1, 0.15) is 0 Å². The van der Waals surface area contributed by atoms with Crippen molar-refractivity contribution < 1.29 is 17.6 Å². The van der Waals surface area contributed by atoms with Crippen molar-refractivity contribution in [3.63, 3.8) is 0 Å². The number of halogens is 1. The summed E-state index contributed by atoms with van der Waals surface area (Å²) in [4.78, 5) is 13.0. The molecule has 0 atom stereocenters. The fourth-order valence-electron chi connectivity index (χ4n) is 2.10. The van der Waals surface area contributed by atoms with E-state index in [9.17, 15) is 17.6 Å². The highest BCUT2D eigenvalue weighted by molar-refractivity contribution is 7.89. The third-order valence-corrected chi connectivity index (χ3v) is 4.20. The van der Waals surface area contributed by atoms with E-state index in [2.05, 4.69) is 20.7 Å². The van der Waals surface area contributed by atoms with E-state index in [4.69, 9.17) is 5.14 Å². The molecule has 0 saturated carbocycles. The van der Waals surface area contributed by atoms with E-state index in [1.54, 1.807) is 0 Å². The van der Waals surface area contributed by atoms with Crippen LogP contribution in [0.4, 0.5) is 10.1 Å².